The SMILES string of the molecule is C=CCN(CC=C)C(=O)COC(=O)C(Br)CBr. The van der Waals surface area contributed by atoms with Crippen LogP contribution < -0.4 is 0 Å². The lowest BCUT2D eigenvalue weighted by Crippen LogP contribution is -2.35. The fourth-order valence-corrected chi connectivity index (χ4v) is 1.36. The molecule has 0 aromatic rings. The summed E-state index contributed by atoms with van der Waals surface area (Å²) in [5.74, 6) is -0.736. The van der Waals surface area contributed by atoms with Gasteiger partial charge in [0.2, 0.25) is 0 Å². The normalized spacial score (nSPS) is 11.4. The summed E-state index contributed by atoms with van der Waals surface area (Å²) in [7, 11) is 0. The molecule has 0 heterocycles. The first kappa shape index (κ1) is 16.4. The van der Waals surface area contributed by atoms with Gasteiger partial charge in [0.05, 0.1) is 0 Å². The summed E-state index contributed by atoms with van der Waals surface area (Å²) in [6.07, 6.45) is 3.21. The maximum Gasteiger partial charge on any atom is 0.321 e. The van der Waals surface area contributed by atoms with Crippen LogP contribution in [0, 0.1) is 0 Å². The standard InChI is InChI=1S/C11H15Br2NO3/c1-3-5-14(6-4-2)10(15)8-17-11(16)9(13)7-12/h3-4,9H,1-2,5-8H2. The van der Waals surface area contributed by atoms with E-state index < -0.39 is 10.8 Å². The van der Waals surface area contributed by atoms with Crippen LogP contribution in [0.3, 0.4) is 0 Å². The lowest BCUT2D eigenvalue weighted by atomic mass is 10.4. The Balaban J connectivity index is 4.17. The molecule has 4 nitrogen and oxygen atoms in total. The van der Waals surface area contributed by atoms with Gasteiger partial charge in [-0.05, 0) is 0 Å². The Morgan fingerprint density at radius 3 is 2.24 bits per heavy atom. The van der Waals surface area contributed by atoms with Crippen LogP contribution in [-0.2, 0) is 14.3 Å². The number of esters is 1. The summed E-state index contributed by atoms with van der Waals surface area (Å²) in [6, 6.07) is 0. The smallest absolute Gasteiger partial charge is 0.321 e. The van der Waals surface area contributed by atoms with Crippen molar-refractivity contribution < 1.29 is 14.3 Å². The van der Waals surface area contributed by atoms with Crippen LogP contribution in [0.1, 0.15) is 0 Å². The number of carbonyl (C=O) groups excluding carboxylic acids is 2. The number of alkyl halides is 2. The van der Waals surface area contributed by atoms with E-state index in [1.54, 1.807) is 12.2 Å². The Bertz CT molecular complexity index is 284. The van der Waals surface area contributed by atoms with E-state index in [2.05, 4.69) is 45.0 Å². The van der Waals surface area contributed by atoms with E-state index >= 15 is 0 Å². The predicted molar refractivity (Wildman–Crippen MR) is 74.4 cm³/mol. The van der Waals surface area contributed by atoms with Gasteiger partial charge in [-0.1, -0.05) is 44.0 Å². The highest BCUT2D eigenvalue weighted by Gasteiger charge is 2.18. The van der Waals surface area contributed by atoms with Gasteiger partial charge >= 0.3 is 5.97 Å². The van der Waals surface area contributed by atoms with Gasteiger partial charge in [-0.25, -0.2) is 0 Å². The average molecular weight is 369 g/mol. The molecule has 0 aliphatic rings. The molecule has 0 saturated carbocycles. The molecular weight excluding hydrogens is 354 g/mol. The molecule has 96 valence electrons. The van der Waals surface area contributed by atoms with E-state index in [9.17, 15) is 9.59 Å². The molecule has 0 saturated heterocycles. The molecule has 1 unspecified atom stereocenters. The van der Waals surface area contributed by atoms with Crippen molar-refractivity contribution in [3.63, 3.8) is 0 Å². The van der Waals surface area contributed by atoms with Gasteiger partial charge in [0.15, 0.2) is 6.61 Å². The Morgan fingerprint density at radius 1 is 1.29 bits per heavy atom. The molecule has 0 fully saturated rings. The lowest BCUT2D eigenvalue weighted by Gasteiger charge is -2.19. The summed E-state index contributed by atoms with van der Waals surface area (Å²) in [4.78, 5) is 24.0. The van der Waals surface area contributed by atoms with Crippen LogP contribution in [0.25, 0.3) is 0 Å². The topological polar surface area (TPSA) is 46.6 Å². The summed E-state index contributed by atoms with van der Waals surface area (Å²) < 4.78 is 4.85. The first-order valence-electron chi connectivity index (χ1n) is 4.93. The molecule has 0 aromatic heterocycles. The summed E-state index contributed by atoms with van der Waals surface area (Å²) in [6.45, 7) is 7.64. The molecule has 1 atom stereocenters. The van der Waals surface area contributed by atoms with E-state index in [4.69, 9.17) is 4.74 Å². The third kappa shape index (κ3) is 6.63. The first-order valence-corrected chi connectivity index (χ1v) is 6.96. The number of carbonyl (C=O) groups is 2. The molecule has 0 N–H and O–H groups in total. The van der Waals surface area contributed by atoms with Crippen LogP contribution in [-0.4, -0.2) is 46.6 Å². The Labute approximate surface area is 118 Å². The number of rotatable bonds is 8. The maximum absolute atomic E-state index is 11.7. The molecule has 0 aliphatic carbocycles. The molecule has 17 heavy (non-hydrogen) atoms. The third-order valence-corrected chi connectivity index (χ3v) is 3.99. The van der Waals surface area contributed by atoms with Crippen molar-refractivity contribution in [1.82, 2.24) is 4.90 Å². The van der Waals surface area contributed by atoms with Gasteiger partial charge in [-0.2, -0.15) is 0 Å². The summed E-state index contributed by atoms with van der Waals surface area (Å²) in [5, 5.41) is 0.434. The highest BCUT2D eigenvalue weighted by atomic mass is 79.9. The highest BCUT2D eigenvalue weighted by molar-refractivity contribution is 9.12. The molecule has 0 aliphatic heterocycles. The summed E-state index contributed by atoms with van der Waals surface area (Å²) >= 11 is 6.24. The Kier molecular flexibility index (Phi) is 9.07. The zero-order valence-corrected chi connectivity index (χ0v) is 12.6. The molecule has 0 radical (unpaired) electrons. The first-order chi connectivity index (χ1) is 8.06. The van der Waals surface area contributed by atoms with Crippen molar-refractivity contribution in [1.29, 1.82) is 0 Å². The van der Waals surface area contributed by atoms with E-state index in [0.29, 0.717) is 18.4 Å². The van der Waals surface area contributed by atoms with Crippen molar-refractivity contribution in [3.8, 4) is 0 Å². The predicted octanol–water partition coefficient (Wildman–Crippen LogP) is 1.89. The largest absolute Gasteiger partial charge is 0.455 e. The van der Waals surface area contributed by atoms with Crippen molar-refractivity contribution in [2.75, 3.05) is 25.0 Å². The van der Waals surface area contributed by atoms with Crippen molar-refractivity contribution in [2.45, 2.75) is 4.83 Å². The second-order valence-electron chi connectivity index (χ2n) is 3.11. The zero-order valence-electron chi connectivity index (χ0n) is 9.40. The monoisotopic (exact) mass is 367 g/mol. The number of ether oxygens (including phenoxy) is 1. The van der Waals surface area contributed by atoms with Crippen molar-refractivity contribution in [3.05, 3.63) is 25.3 Å². The van der Waals surface area contributed by atoms with Gasteiger partial charge in [0.1, 0.15) is 4.83 Å². The minimum absolute atomic E-state index is 0.268. The number of halogens is 2. The third-order valence-electron chi connectivity index (χ3n) is 1.78. The molecule has 0 spiro atoms. The van der Waals surface area contributed by atoms with Crippen LogP contribution in [0.2, 0.25) is 0 Å². The highest BCUT2D eigenvalue weighted by Crippen LogP contribution is 2.06. The fourth-order valence-electron chi connectivity index (χ4n) is 0.967. The zero-order chi connectivity index (χ0) is 13.3. The summed E-state index contributed by atoms with van der Waals surface area (Å²) in [5.41, 5.74) is 0. The number of hydrogen-bond donors (Lipinski definition) is 0. The minimum Gasteiger partial charge on any atom is -0.455 e. The van der Waals surface area contributed by atoms with Crippen LogP contribution in [0.5, 0.6) is 0 Å². The molecule has 6 heteroatoms. The quantitative estimate of drug-likeness (QED) is 0.373. The van der Waals surface area contributed by atoms with Crippen LogP contribution in [0.15, 0.2) is 25.3 Å². The van der Waals surface area contributed by atoms with E-state index in [-0.39, 0.29) is 12.5 Å². The molecule has 0 aromatic carbocycles. The van der Waals surface area contributed by atoms with Crippen LogP contribution >= 0.6 is 31.9 Å². The average Bonchev–Trinajstić information content (AvgIpc) is 2.34. The Morgan fingerprint density at radius 2 is 1.82 bits per heavy atom. The number of hydrogen-bond acceptors (Lipinski definition) is 3. The van der Waals surface area contributed by atoms with Crippen molar-refractivity contribution >= 4 is 43.7 Å². The van der Waals surface area contributed by atoms with Gasteiger partial charge in [0.25, 0.3) is 5.91 Å². The van der Waals surface area contributed by atoms with E-state index in [1.807, 2.05) is 0 Å². The molecular formula is C11H15Br2NO3. The number of nitrogens with zero attached hydrogens (tertiary/aromatic N) is 1. The van der Waals surface area contributed by atoms with Gasteiger partial charge in [0, 0.05) is 18.4 Å². The minimum atomic E-state index is -0.465. The second-order valence-corrected chi connectivity index (χ2v) is 4.86. The van der Waals surface area contributed by atoms with Crippen LogP contribution in [0.4, 0.5) is 0 Å². The van der Waals surface area contributed by atoms with E-state index in [0.717, 1.165) is 0 Å². The fraction of sp³-hybridized carbons (Fsp3) is 0.455. The van der Waals surface area contributed by atoms with E-state index in [1.165, 1.54) is 4.90 Å². The van der Waals surface area contributed by atoms with Gasteiger partial charge in [-0.3, -0.25) is 9.59 Å². The van der Waals surface area contributed by atoms with Crippen molar-refractivity contribution in [2.24, 2.45) is 0 Å². The molecule has 1 amide bonds. The van der Waals surface area contributed by atoms with Gasteiger partial charge in [-0.15, -0.1) is 13.2 Å². The number of amides is 1. The lowest BCUT2D eigenvalue weighted by molar-refractivity contribution is -0.150. The van der Waals surface area contributed by atoms with Gasteiger partial charge < -0.3 is 9.64 Å². The molecule has 0 bridgehead atoms. The maximum atomic E-state index is 11.7. The second kappa shape index (κ2) is 9.41. The molecule has 0 rings (SSSR count). The Hall–Kier alpha value is -0.620.